The van der Waals surface area contributed by atoms with Gasteiger partial charge in [-0.2, -0.15) is 15.6 Å². The van der Waals surface area contributed by atoms with Gasteiger partial charge in [0.05, 0.1) is 5.69 Å². The summed E-state index contributed by atoms with van der Waals surface area (Å²) in [4.78, 5) is 0. The number of hydrogen-bond acceptors (Lipinski definition) is 5. The Morgan fingerprint density at radius 1 is 0.833 bits per heavy atom. The lowest BCUT2D eigenvalue weighted by molar-refractivity contribution is 0.483. The maximum atomic E-state index is 8.62. The van der Waals surface area contributed by atoms with E-state index in [1.807, 2.05) is 36.4 Å². The summed E-state index contributed by atoms with van der Waals surface area (Å²) < 4.78 is 5.84. The number of fused-ring (bicyclic) bond motifs is 1. The number of anilines is 1. The molecule has 0 radical (unpaired) electrons. The van der Waals surface area contributed by atoms with Gasteiger partial charge in [-0.05, 0) is 47.2 Å². The van der Waals surface area contributed by atoms with E-state index in [-0.39, 0.29) is 5.71 Å². The van der Waals surface area contributed by atoms with Crippen molar-refractivity contribution in [3.8, 4) is 23.6 Å². The molecule has 0 aliphatic carbocycles. The van der Waals surface area contributed by atoms with Gasteiger partial charge in [0.2, 0.25) is 5.71 Å². The first-order valence-corrected chi connectivity index (χ1v) is 7.19. The minimum Gasteiger partial charge on any atom is -0.457 e. The van der Waals surface area contributed by atoms with Gasteiger partial charge in [0.15, 0.2) is 0 Å². The molecule has 0 fully saturated rings. The first-order chi connectivity index (χ1) is 11.8. The maximum Gasteiger partial charge on any atom is 0.237 e. The van der Waals surface area contributed by atoms with Crippen LogP contribution in [-0.2, 0) is 0 Å². The van der Waals surface area contributed by atoms with E-state index >= 15 is 0 Å². The summed E-state index contributed by atoms with van der Waals surface area (Å²) in [6, 6.07) is 24.4. The Morgan fingerprint density at radius 3 is 2.21 bits per heavy atom. The van der Waals surface area contributed by atoms with Gasteiger partial charge in [-0.1, -0.05) is 30.3 Å². The standard InChI is InChI=1S/C19H12N4O/c20-12-17(13-21)23-22-16-6-9-18(10-7-16)24-19-8-5-14-3-1-2-4-15(14)11-19/h1-11,22H. The molecule has 3 aromatic carbocycles. The number of benzene rings is 3. The zero-order valence-electron chi connectivity index (χ0n) is 12.6. The van der Waals surface area contributed by atoms with Crippen LogP contribution in [0.5, 0.6) is 11.5 Å². The molecule has 24 heavy (non-hydrogen) atoms. The van der Waals surface area contributed by atoms with E-state index < -0.39 is 0 Å². The summed E-state index contributed by atoms with van der Waals surface area (Å²) >= 11 is 0. The second-order valence-corrected chi connectivity index (χ2v) is 4.93. The molecule has 0 unspecified atom stereocenters. The summed E-state index contributed by atoms with van der Waals surface area (Å²) in [6.45, 7) is 0. The van der Waals surface area contributed by atoms with Gasteiger partial charge >= 0.3 is 0 Å². The predicted octanol–water partition coefficient (Wildman–Crippen LogP) is 4.45. The molecule has 0 aliphatic heterocycles. The topological polar surface area (TPSA) is 81.2 Å². The highest BCUT2D eigenvalue weighted by molar-refractivity contribution is 6.10. The van der Waals surface area contributed by atoms with Crippen molar-refractivity contribution in [1.29, 1.82) is 10.5 Å². The minimum absolute atomic E-state index is 0.230. The van der Waals surface area contributed by atoms with E-state index in [1.165, 1.54) is 0 Å². The second kappa shape index (κ2) is 6.95. The van der Waals surface area contributed by atoms with Crippen LogP contribution in [0, 0.1) is 22.7 Å². The van der Waals surface area contributed by atoms with Crippen molar-refractivity contribution < 1.29 is 4.74 Å². The van der Waals surface area contributed by atoms with E-state index in [0.29, 0.717) is 11.4 Å². The van der Waals surface area contributed by atoms with E-state index in [2.05, 4.69) is 16.6 Å². The zero-order chi connectivity index (χ0) is 16.8. The van der Waals surface area contributed by atoms with Gasteiger partial charge in [0, 0.05) is 0 Å². The molecule has 0 aromatic heterocycles. The highest BCUT2D eigenvalue weighted by Gasteiger charge is 2.00. The number of hydrogen-bond donors (Lipinski definition) is 1. The van der Waals surface area contributed by atoms with Crippen LogP contribution in [0.4, 0.5) is 5.69 Å². The molecule has 0 saturated heterocycles. The smallest absolute Gasteiger partial charge is 0.237 e. The fourth-order valence-corrected chi connectivity index (χ4v) is 2.16. The average Bonchev–Trinajstić information content (AvgIpc) is 2.64. The summed E-state index contributed by atoms with van der Waals surface area (Å²) in [5, 5.41) is 23.2. The van der Waals surface area contributed by atoms with E-state index in [1.54, 1.807) is 36.4 Å². The van der Waals surface area contributed by atoms with Crippen LogP contribution in [0.2, 0.25) is 0 Å². The highest BCUT2D eigenvalue weighted by atomic mass is 16.5. The highest BCUT2D eigenvalue weighted by Crippen LogP contribution is 2.26. The summed E-state index contributed by atoms with van der Waals surface area (Å²) in [7, 11) is 0. The first-order valence-electron chi connectivity index (χ1n) is 7.19. The number of ether oxygens (including phenoxy) is 1. The SMILES string of the molecule is N#CC(C#N)=NNc1ccc(Oc2ccc3ccccc3c2)cc1. The first kappa shape index (κ1) is 15.1. The van der Waals surface area contributed by atoms with Crippen molar-refractivity contribution >= 4 is 22.2 Å². The number of nitrogens with one attached hydrogen (secondary N) is 1. The molecule has 3 aromatic rings. The van der Waals surface area contributed by atoms with E-state index in [4.69, 9.17) is 15.3 Å². The Hall–Kier alpha value is -3.83. The fraction of sp³-hybridized carbons (Fsp3) is 0. The third kappa shape index (κ3) is 3.49. The third-order valence-corrected chi connectivity index (χ3v) is 3.32. The molecule has 1 N–H and O–H groups in total. The van der Waals surface area contributed by atoms with Crippen LogP contribution in [0.3, 0.4) is 0 Å². The lowest BCUT2D eigenvalue weighted by atomic mass is 10.1. The fourth-order valence-electron chi connectivity index (χ4n) is 2.16. The Labute approximate surface area is 139 Å². The molecule has 114 valence electrons. The number of rotatable bonds is 4. The maximum absolute atomic E-state index is 8.62. The van der Waals surface area contributed by atoms with Crippen LogP contribution >= 0.6 is 0 Å². The molecule has 3 rings (SSSR count). The van der Waals surface area contributed by atoms with Crippen LogP contribution in [0.1, 0.15) is 0 Å². The summed E-state index contributed by atoms with van der Waals surface area (Å²) in [5.74, 6) is 1.43. The molecule has 0 amide bonds. The lowest BCUT2D eigenvalue weighted by Crippen LogP contribution is -1.96. The van der Waals surface area contributed by atoms with Crippen LogP contribution in [0.15, 0.2) is 71.8 Å². The second-order valence-electron chi connectivity index (χ2n) is 4.93. The van der Waals surface area contributed by atoms with Gasteiger partial charge in [0.25, 0.3) is 0 Å². The minimum atomic E-state index is -0.230. The molecular weight excluding hydrogens is 300 g/mol. The number of nitrogens with zero attached hydrogens (tertiary/aromatic N) is 3. The molecule has 5 nitrogen and oxygen atoms in total. The van der Waals surface area contributed by atoms with Crippen LogP contribution in [0.25, 0.3) is 10.8 Å². The largest absolute Gasteiger partial charge is 0.457 e. The Morgan fingerprint density at radius 2 is 1.50 bits per heavy atom. The molecule has 0 spiro atoms. The molecule has 0 heterocycles. The van der Waals surface area contributed by atoms with Crippen molar-refractivity contribution in [2.75, 3.05) is 5.43 Å². The van der Waals surface area contributed by atoms with Gasteiger partial charge in [0.1, 0.15) is 23.6 Å². The van der Waals surface area contributed by atoms with E-state index in [0.717, 1.165) is 16.5 Å². The number of hydrazone groups is 1. The van der Waals surface area contributed by atoms with Gasteiger partial charge < -0.3 is 4.74 Å². The molecule has 5 heteroatoms. The molecule has 0 bridgehead atoms. The summed E-state index contributed by atoms with van der Waals surface area (Å²) in [5.41, 5.74) is 3.08. The van der Waals surface area contributed by atoms with Crippen molar-refractivity contribution in [2.45, 2.75) is 0 Å². The van der Waals surface area contributed by atoms with Crippen LogP contribution in [-0.4, -0.2) is 5.71 Å². The lowest BCUT2D eigenvalue weighted by Gasteiger charge is -2.08. The van der Waals surface area contributed by atoms with Crippen molar-refractivity contribution in [3.05, 3.63) is 66.7 Å². The average molecular weight is 312 g/mol. The predicted molar refractivity (Wildman–Crippen MR) is 92.7 cm³/mol. The monoisotopic (exact) mass is 312 g/mol. The van der Waals surface area contributed by atoms with E-state index in [9.17, 15) is 0 Å². The number of nitriles is 2. The zero-order valence-corrected chi connectivity index (χ0v) is 12.6. The van der Waals surface area contributed by atoms with Gasteiger partial charge in [-0.15, -0.1) is 0 Å². The summed E-state index contributed by atoms with van der Waals surface area (Å²) in [6.07, 6.45) is 0. The van der Waals surface area contributed by atoms with Crippen LogP contribution < -0.4 is 10.2 Å². The Kier molecular flexibility index (Phi) is 4.37. The Bertz CT molecular complexity index is 963. The third-order valence-electron chi connectivity index (χ3n) is 3.32. The molecule has 0 aliphatic rings. The van der Waals surface area contributed by atoms with Gasteiger partial charge in [-0.25, -0.2) is 0 Å². The Balaban J connectivity index is 1.72. The van der Waals surface area contributed by atoms with Gasteiger partial charge in [-0.3, -0.25) is 5.43 Å². The molecule has 0 atom stereocenters. The molecular formula is C19H12N4O. The quantitative estimate of drug-likeness (QED) is 0.570. The van der Waals surface area contributed by atoms with Crippen molar-refractivity contribution in [1.82, 2.24) is 0 Å². The molecule has 0 saturated carbocycles. The normalized spacial score (nSPS) is 9.58. The van der Waals surface area contributed by atoms with Crippen molar-refractivity contribution in [3.63, 3.8) is 0 Å². The van der Waals surface area contributed by atoms with Crippen molar-refractivity contribution in [2.24, 2.45) is 5.10 Å².